The van der Waals surface area contributed by atoms with Gasteiger partial charge in [-0.05, 0) is 19.8 Å². The van der Waals surface area contributed by atoms with Crippen molar-refractivity contribution in [2.75, 3.05) is 7.05 Å². The van der Waals surface area contributed by atoms with Crippen molar-refractivity contribution in [3.8, 4) is 0 Å². The van der Waals surface area contributed by atoms with E-state index < -0.39 is 0 Å². The summed E-state index contributed by atoms with van der Waals surface area (Å²) in [6.07, 6.45) is 3.51. The minimum atomic E-state index is 0.633. The van der Waals surface area contributed by atoms with Crippen LogP contribution in [0.25, 0.3) is 0 Å². The van der Waals surface area contributed by atoms with E-state index in [0.29, 0.717) is 6.04 Å². The van der Waals surface area contributed by atoms with E-state index in [0.717, 1.165) is 6.42 Å². The molecular weight excluding hydrogens is 134 g/mol. The van der Waals surface area contributed by atoms with Crippen LogP contribution in [0.15, 0.2) is 12.3 Å². The molecule has 0 bridgehead atoms. The monoisotopic (exact) mass is 155 g/mol. The van der Waals surface area contributed by atoms with Crippen LogP contribution in [-0.4, -0.2) is 18.0 Å². The Morgan fingerprint density at radius 2 is 2.00 bits per heavy atom. The Bertz CT molecular complexity index is 118. The van der Waals surface area contributed by atoms with Gasteiger partial charge in [0, 0.05) is 18.8 Å². The normalized spacial score (nSPS) is 12.7. The molecule has 0 amide bonds. The van der Waals surface area contributed by atoms with Crippen LogP contribution >= 0.6 is 0 Å². The maximum Gasteiger partial charge on any atom is 0.0252 e. The summed E-state index contributed by atoms with van der Waals surface area (Å²) in [6, 6.07) is 0.633. The third-order valence-electron chi connectivity index (χ3n) is 2.29. The van der Waals surface area contributed by atoms with Gasteiger partial charge in [-0.25, -0.2) is 0 Å². The molecule has 1 heteroatoms. The molecule has 1 unspecified atom stereocenters. The largest absolute Gasteiger partial charge is 0.376 e. The maximum absolute atomic E-state index is 4.04. The van der Waals surface area contributed by atoms with Crippen molar-refractivity contribution in [1.82, 2.24) is 4.90 Å². The van der Waals surface area contributed by atoms with Crippen LogP contribution < -0.4 is 0 Å². The van der Waals surface area contributed by atoms with Gasteiger partial charge in [0.15, 0.2) is 0 Å². The van der Waals surface area contributed by atoms with Crippen LogP contribution in [0.1, 0.15) is 40.0 Å². The second-order valence-corrected chi connectivity index (χ2v) is 3.18. The predicted octanol–water partition coefficient (Wildman–Crippen LogP) is 3.03. The highest BCUT2D eigenvalue weighted by Gasteiger charge is 2.06. The maximum atomic E-state index is 4.04. The zero-order chi connectivity index (χ0) is 8.85. The first-order valence-electron chi connectivity index (χ1n) is 4.54. The standard InChI is InChI=1S/C10H21N/c1-6-8-10(4)11(5)9(3)7-2/h9H,4,6-8H2,1-3,5H3. The highest BCUT2D eigenvalue weighted by Crippen LogP contribution is 2.11. The Labute approximate surface area is 71.1 Å². The van der Waals surface area contributed by atoms with Crippen LogP contribution in [0, 0.1) is 0 Å². The van der Waals surface area contributed by atoms with Crippen LogP contribution in [0.3, 0.4) is 0 Å². The van der Waals surface area contributed by atoms with E-state index in [1.807, 2.05) is 0 Å². The van der Waals surface area contributed by atoms with Gasteiger partial charge in [0.05, 0.1) is 0 Å². The molecule has 0 radical (unpaired) electrons. The molecule has 0 fully saturated rings. The molecule has 0 rings (SSSR count). The fourth-order valence-corrected chi connectivity index (χ4v) is 1.05. The van der Waals surface area contributed by atoms with Gasteiger partial charge in [-0.15, -0.1) is 0 Å². The summed E-state index contributed by atoms with van der Waals surface area (Å²) >= 11 is 0. The zero-order valence-electron chi connectivity index (χ0n) is 8.35. The first kappa shape index (κ1) is 10.5. The van der Waals surface area contributed by atoms with Crippen molar-refractivity contribution in [3.05, 3.63) is 12.3 Å². The van der Waals surface area contributed by atoms with Crippen molar-refractivity contribution in [2.45, 2.75) is 46.1 Å². The van der Waals surface area contributed by atoms with Crippen molar-refractivity contribution >= 4 is 0 Å². The summed E-state index contributed by atoms with van der Waals surface area (Å²) < 4.78 is 0. The molecule has 0 saturated heterocycles. The molecule has 0 aliphatic rings. The van der Waals surface area contributed by atoms with Gasteiger partial charge < -0.3 is 4.90 Å². The quantitative estimate of drug-likeness (QED) is 0.590. The van der Waals surface area contributed by atoms with E-state index >= 15 is 0 Å². The van der Waals surface area contributed by atoms with Gasteiger partial charge >= 0.3 is 0 Å². The van der Waals surface area contributed by atoms with Crippen molar-refractivity contribution < 1.29 is 0 Å². The SMILES string of the molecule is C=C(CCC)N(C)C(C)CC. The van der Waals surface area contributed by atoms with E-state index in [9.17, 15) is 0 Å². The summed E-state index contributed by atoms with van der Waals surface area (Å²) in [4.78, 5) is 2.28. The molecule has 0 saturated carbocycles. The molecule has 1 nitrogen and oxygen atoms in total. The molecule has 0 aliphatic carbocycles. The Hall–Kier alpha value is -0.460. The third-order valence-corrected chi connectivity index (χ3v) is 2.29. The van der Waals surface area contributed by atoms with Crippen LogP contribution in [0.5, 0.6) is 0 Å². The van der Waals surface area contributed by atoms with Gasteiger partial charge in [-0.1, -0.05) is 26.8 Å². The average molecular weight is 155 g/mol. The molecular formula is C10H21N. The second kappa shape index (κ2) is 5.22. The Balaban J connectivity index is 3.80. The van der Waals surface area contributed by atoms with Gasteiger partial charge in [0.2, 0.25) is 0 Å². The summed E-state index contributed by atoms with van der Waals surface area (Å²) in [6.45, 7) is 10.7. The minimum Gasteiger partial charge on any atom is -0.376 e. The fraction of sp³-hybridized carbons (Fsp3) is 0.800. The molecule has 0 aromatic heterocycles. The number of rotatable bonds is 5. The van der Waals surface area contributed by atoms with Gasteiger partial charge in [-0.2, -0.15) is 0 Å². The van der Waals surface area contributed by atoms with Gasteiger partial charge in [-0.3, -0.25) is 0 Å². The highest BCUT2D eigenvalue weighted by molar-refractivity contribution is 4.93. The van der Waals surface area contributed by atoms with Gasteiger partial charge in [0.25, 0.3) is 0 Å². The van der Waals surface area contributed by atoms with Crippen molar-refractivity contribution in [3.63, 3.8) is 0 Å². The lowest BCUT2D eigenvalue weighted by Crippen LogP contribution is -2.27. The summed E-state index contributed by atoms with van der Waals surface area (Å²) in [5.41, 5.74) is 1.27. The molecule has 0 N–H and O–H groups in total. The second-order valence-electron chi connectivity index (χ2n) is 3.18. The third kappa shape index (κ3) is 3.45. The summed E-state index contributed by atoms with van der Waals surface area (Å²) in [5, 5.41) is 0. The van der Waals surface area contributed by atoms with Crippen molar-refractivity contribution in [1.29, 1.82) is 0 Å². The lowest BCUT2D eigenvalue weighted by molar-refractivity contribution is 0.306. The summed E-state index contributed by atoms with van der Waals surface area (Å²) in [7, 11) is 2.13. The number of nitrogens with zero attached hydrogens (tertiary/aromatic N) is 1. The number of allylic oxidation sites excluding steroid dienone is 1. The van der Waals surface area contributed by atoms with E-state index in [1.165, 1.54) is 18.5 Å². The molecule has 0 spiro atoms. The van der Waals surface area contributed by atoms with Crippen LogP contribution in [-0.2, 0) is 0 Å². The lowest BCUT2D eigenvalue weighted by Gasteiger charge is -2.27. The number of hydrogen-bond acceptors (Lipinski definition) is 1. The van der Waals surface area contributed by atoms with E-state index in [2.05, 4.69) is 39.3 Å². The number of hydrogen-bond donors (Lipinski definition) is 0. The first-order chi connectivity index (χ1) is 5.13. The Morgan fingerprint density at radius 1 is 1.45 bits per heavy atom. The highest BCUT2D eigenvalue weighted by atomic mass is 15.1. The summed E-state index contributed by atoms with van der Waals surface area (Å²) in [5.74, 6) is 0. The first-order valence-corrected chi connectivity index (χ1v) is 4.54. The molecule has 0 aliphatic heterocycles. The molecule has 0 heterocycles. The minimum absolute atomic E-state index is 0.633. The van der Waals surface area contributed by atoms with Crippen LogP contribution in [0.4, 0.5) is 0 Å². The van der Waals surface area contributed by atoms with E-state index in [4.69, 9.17) is 0 Å². The molecule has 0 aromatic carbocycles. The molecule has 11 heavy (non-hydrogen) atoms. The Kier molecular flexibility index (Phi) is 5.01. The van der Waals surface area contributed by atoms with E-state index in [1.54, 1.807) is 0 Å². The average Bonchev–Trinajstić information content (AvgIpc) is 2.02. The molecule has 1 atom stereocenters. The fourth-order valence-electron chi connectivity index (χ4n) is 1.05. The van der Waals surface area contributed by atoms with Gasteiger partial charge in [0.1, 0.15) is 0 Å². The zero-order valence-corrected chi connectivity index (χ0v) is 8.35. The topological polar surface area (TPSA) is 3.24 Å². The molecule has 0 aromatic rings. The van der Waals surface area contributed by atoms with Crippen molar-refractivity contribution in [2.24, 2.45) is 0 Å². The predicted molar refractivity (Wildman–Crippen MR) is 51.6 cm³/mol. The molecule has 66 valence electrons. The lowest BCUT2D eigenvalue weighted by atomic mass is 10.2. The van der Waals surface area contributed by atoms with E-state index in [-0.39, 0.29) is 0 Å². The Morgan fingerprint density at radius 3 is 2.36 bits per heavy atom. The van der Waals surface area contributed by atoms with Crippen LogP contribution in [0.2, 0.25) is 0 Å². The smallest absolute Gasteiger partial charge is 0.0252 e.